The van der Waals surface area contributed by atoms with E-state index in [1.807, 2.05) is 24.3 Å². The highest BCUT2D eigenvalue weighted by atomic mass is 32.2. The number of pyridine rings is 1. The number of thioether (sulfide) groups is 1. The van der Waals surface area contributed by atoms with Gasteiger partial charge in [0.2, 0.25) is 5.91 Å². The standard InChI is InChI=1S/C19H18N4O3S/c1-21-17-16(18(25)22(2)19(21)26)14(7-9-20-17)27-11-15(24)23-10-8-12-5-3-4-6-13(12)23/h3-7,9H,8,10-11H2,1-2H3. The number of benzene rings is 1. The molecule has 0 atom stereocenters. The summed E-state index contributed by atoms with van der Waals surface area (Å²) in [6.45, 7) is 0.673. The number of carbonyl (C=O) groups is 1. The summed E-state index contributed by atoms with van der Waals surface area (Å²) >= 11 is 1.30. The summed E-state index contributed by atoms with van der Waals surface area (Å²) in [6, 6.07) is 9.61. The third-order valence-corrected chi connectivity index (χ3v) is 5.88. The summed E-state index contributed by atoms with van der Waals surface area (Å²) in [5, 5.41) is 0.363. The number of hydrogen-bond donors (Lipinski definition) is 0. The Bertz CT molecular complexity index is 1180. The van der Waals surface area contributed by atoms with Crippen LogP contribution in [0, 0.1) is 0 Å². The van der Waals surface area contributed by atoms with Crippen LogP contribution >= 0.6 is 11.8 Å². The molecule has 8 heteroatoms. The average molecular weight is 382 g/mol. The maximum Gasteiger partial charge on any atom is 0.332 e. The number of aromatic nitrogens is 3. The lowest BCUT2D eigenvalue weighted by Gasteiger charge is -2.17. The van der Waals surface area contributed by atoms with Gasteiger partial charge in [0.25, 0.3) is 5.56 Å². The first-order valence-electron chi connectivity index (χ1n) is 8.55. The molecular formula is C19H18N4O3S. The number of anilines is 1. The molecule has 3 heterocycles. The van der Waals surface area contributed by atoms with Crippen LogP contribution in [-0.4, -0.2) is 32.3 Å². The second-order valence-corrected chi connectivity index (χ2v) is 7.44. The number of rotatable bonds is 3. The van der Waals surface area contributed by atoms with Crippen molar-refractivity contribution in [3.8, 4) is 0 Å². The summed E-state index contributed by atoms with van der Waals surface area (Å²) in [5.41, 5.74) is 1.64. The second kappa shape index (κ2) is 6.70. The van der Waals surface area contributed by atoms with Crippen LogP contribution in [-0.2, 0) is 25.3 Å². The normalized spacial score (nSPS) is 13.2. The quantitative estimate of drug-likeness (QED) is 0.639. The Hall–Kier alpha value is -2.87. The minimum Gasteiger partial charge on any atom is -0.311 e. The van der Waals surface area contributed by atoms with Gasteiger partial charge in [-0.25, -0.2) is 9.78 Å². The third kappa shape index (κ3) is 2.86. The van der Waals surface area contributed by atoms with E-state index >= 15 is 0 Å². The van der Waals surface area contributed by atoms with Gasteiger partial charge in [-0.2, -0.15) is 0 Å². The Labute approximate surface area is 159 Å². The lowest BCUT2D eigenvalue weighted by Crippen LogP contribution is -2.37. The molecule has 1 amide bonds. The Morgan fingerprint density at radius 1 is 1.15 bits per heavy atom. The number of aryl methyl sites for hydroxylation is 1. The van der Waals surface area contributed by atoms with Gasteiger partial charge in [0.15, 0.2) is 0 Å². The molecule has 1 aliphatic rings. The predicted octanol–water partition coefficient (Wildman–Crippen LogP) is 1.31. The van der Waals surface area contributed by atoms with Crippen LogP contribution in [0.25, 0.3) is 11.0 Å². The topological polar surface area (TPSA) is 77.2 Å². The fourth-order valence-corrected chi connectivity index (χ4v) is 4.31. The minimum atomic E-state index is -0.424. The molecule has 7 nitrogen and oxygen atoms in total. The van der Waals surface area contributed by atoms with E-state index in [0.29, 0.717) is 22.5 Å². The van der Waals surface area contributed by atoms with Gasteiger partial charge >= 0.3 is 5.69 Å². The fraction of sp³-hybridized carbons (Fsp3) is 0.263. The number of para-hydroxylation sites is 1. The molecule has 27 heavy (non-hydrogen) atoms. The Morgan fingerprint density at radius 2 is 1.93 bits per heavy atom. The van der Waals surface area contributed by atoms with E-state index in [1.54, 1.807) is 24.2 Å². The molecule has 1 aromatic carbocycles. The van der Waals surface area contributed by atoms with Crippen LogP contribution in [0.15, 0.2) is 51.0 Å². The van der Waals surface area contributed by atoms with Crippen LogP contribution in [0.4, 0.5) is 5.69 Å². The monoisotopic (exact) mass is 382 g/mol. The van der Waals surface area contributed by atoms with E-state index in [9.17, 15) is 14.4 Å². The van der Waals surface area contributed by atoms with Crippen molar-refractivity contribution in [2.24, 2.45) is 14.1 Å². The van der Waals surface area contributed by atoms with Crippen molar-refractivity contribution in [3.05, 3.63) is 62.9 Å². The van der Waals surface area contributed by atoms with Crippen LogP contribution in [0.2, 0.25) is 0 Å². The summed E-state index contributed by atoms with van der Waals surface area (Å²) in [6.07, 6.45) is 2.41. The highest BCUT2D eigenvalue weighted by molar-refractivity contribution is 8.00. The number of carbonyl (C=O) groups excluding carboxylic acids is 1. The molecule has 0 radical (unpaired) electrons. The Balaban J connectivity index is 1.65. The highest BCUT2D eigenvalue weighted by Gasteiger charge is 2.24. The molecule has 0 saturated heterocycles. The largest absolute Gasteiger partial charge is 0.332 e. The highest BCUT2D eigenvalue weighted by Crippen LogP contribution is 2.29. The third-order valence-electron chi connectivity index (χ3n) is 4.84. The molecule has 0 bridgehead atoms. The van der Waals surface area contributed by atoms with Crippen LogP contribution in [0.1, 0.15) is 5.56 Å². The minimum absolute atomic E-state index is 0.00319. The van der Waals surface area contributed by atoms with Crippen LogP contribution < -0.4 is 16.1 Å². The fourth-order valence-electron chi connectivity index (χ4n) is 3.39. The summed E-state index contributed by atoms with van der Waals surface area (Å²) < 4.78 is 2.41. The summed E-state index contributed by atoms with van der Waals surface area (Å²) in [5.74, 6) is 0.205. The van der Waals surface area contributed by atoms with Crippen molar-refractivity contribution in [2.45, 2.75) is 11.3 Å². The molecule has 138 valence electrons. The van der Waals surface area contributed by atoms with Crippen LogP contribution in [0.3, 0.4) is 0 Å². The van der Waals surface area contributed by atoms with Gasteiger partial charge in [0.05, 0.1) is 11.1 Å². The Kier molecular flexibility index (Phi) is 4.35. The molecule has 0 spiro atoms. The van der Waals surface area contributed by atoms with E-state index in [0.717, 1.165) is 16.7 Å². The van der Waals surface area contributed by atoms with Gasteiger partial charge in [0, 0.05) is 37.4 Å². The van der Waals surface area contributed by atoms with Crippen molar-refractivity contribution in [1.82, 2.24) is 14.1 Å². The molecule has 0 aliphatic carbocycles. The predicted molar refractivity (Wildman–Crippen MR) is 105 cm³/mol. The van der Waals surface area contributed by atoms with Gasteiger partial charge in [-0.15, -0.1) is 11.8 Å². The second-order valence-electron chi connectivity index (χ2n) is 6.43. The molecule has 4 rings (SSSR count). The molecule has 0 fully saturated rings. The lowest BCUT2D eigenvalue weighted by atomic mass is 10.2. The number of hydrogen-bond acceptors (Lipinski definition) is 5. The molecular weight excluding hydrogens is 364 g/mol. The van der Waals surface area contributed by atoms with E-state index in [2.05, 4.69) is 4.98 Å². The average Bonchev–Trinajstić information content (AvgIpc) is 3.12. The molecule has 0 unspecified atom stereocenters. The first-order chi connectivity index (χ1) is 13.0. The maximum atomic E-state index is 12.7. The van der Waals surface area contributed by atoms with Crippen LogP contribution in [0.5, 0.6) is 0 Å². The van der Waals surface area contributed by atoms with Gasteiger partial charge in [-0.3, -0.25) is 18.7 Å². The zero-order valence-corrected chi connectivity index (χ0v) is 15.8. The first kappa shape index (κ1) is 17.5. The SMILES string of the molecule is Cn1c(=O)c2c(SCC(=O)N3CCc4ccccc43)ccnc2n(C)c1=O. The maximum absolute atomic E-state index is 12.7. The zero-order valence-electron chi connectivity index (χ0n) is 15.0. The van der Waals surface area contributed by atoms with Gasteiger partial charge < -0.3 is 4.90 Å². The van der Waals surface area contributed by atoms with Gasteiger partial charge in [-0.05, 0) is 24.1 Å². The molecule has 0 N–H and O–H groups in total. The smallest absolute Gasteiger partial charge is 0.311 e. The van der Waals surface area contributed by atoms with Crippen molar-refractivity contribution in [2.75, 3.05) is 17.2 Å². The number of nitrogens with zero attached hydrogens (tertiary/aromatic N) is 4. The van der Waals surface area contributed by atoms with Crippen molar-refractivity contribution < 1.29 is 4.79 Å². The first-order valence-corrected chi connectivity index (χ1v) is 9.53. The van der Waals surface area contributed by atoms with Crippen molar-refractivity contribution >= 4 is 34.4 Å². The van der Waals surface area contributed by atoms with E-state index in [4.69, 9.17) is 0 Å². The zero-order chi connectivity index (χ0) is 19.1. The van der Waals surface area contributed by atoms with E-state index in [-0.39, 0.29) is 11.7 Å². The number of amides is 1. The van der Waals surface area contributed by atoms with Gasteiger partial charge in [0.1, 0.15) is 5.65 Å². The van der Waals surface area contributed by atoms with E-state index in [1.165, 1.54) is 28.9 Å². The molecule has 0 saturated carbocycles. The van der Waals surface area contributed by atoms with Gasteiger partial charge in [-0.1, -0.05) is 18.2 Å². The Morgan fingerprint density at radius 3 is 2.74 bits per heavy atom. The summed E-state index contributed by atoms with van der Waals surface area (Å²) in [4.78, 5) is 44.0. The van der Waals surface area contributed by atoms with E-state index < -0.39 is 11.2 Å². The van der Waals surface area contributed by atoms with Crippen molar-refractivity contribution in [1.29, 1.82) is 0 Å². The molecule has 2 aromatic heterocycles. The molecule has 3 aromatic rings. The molecule has 1 aliphatic heterocycles. The summed E-state index contributed by atoms with van der Waals surface area (Å²) in [7, 11) is 3.02. The lowest BCUT2D eigenvalue weighted by molar-refractivity contribution is -0.116. The number of fused-ring (bicyclic) bond motifs is 2. The van der Waals surface area contributed by atoms with Crippen molar-refractivity contribution in [3.63, 3.8) is 0 Å².